The van der Waals surface area contributed by atoms with Gasteiger partial charge in [-0.3, -0.25) is 9.69 Å². The number of carbonyl (C=O) groups is 1. The highest BCUT2D eigenvalue weighted by molar-refractivity contribution is 5.85. The van der Waals surface area contributed by atoms with Gasteiger partial charge < -0.3 is 11.1 Å². The minimum absolute atomic E-state index is 0. The molecule has 0 unspecified atom stereocenters. The summed E-state index contributed by atoms with van der Waals surface area (Å²) in [6, 6.07) is 8.41. The van der Waals surface area contributed by atoms with Crippen LogP contribution in [0.25, 0.3) is 0 Å². The molecule has 1 aliphatic heterocycles. The molecular formula is C16H27Cl2N3O. The molecule has 1 fully saturated rings. The Morgan fingerprint density at radius 1 is 1.23 bits per heavy atom. The van der Waals surface area contributed by atoms with Gasteiger partial charge in [-0.2, -0.15) is 0 Å². The van der Waals surface area contributed by atoms with Crippen LogP contribution in [0, 0.1) is 0 Å². The Labute approximate surface area is 145 Å². The fraction of sp³-hybridized carbons (Fsp3) is 0.562. The first-order valence-electron chi connectivity index (χ1n) is 7.32. The summed E-state index contributed by atoms with van der Waals surface area (Å²) in [5, 5.41) is 2.88. The number of carbonyl (C=O) groups excluding carboxylic acids is 1. The molecule has 0 bridgehead atoms. The number of likely N-dealkylation sites (tertiary alicyclic amines) is 1. The Morgan fingerprint density at radius 2 is 1.82 bits per heavy atom. The van der Waals surface area contributed by atoms with Gasteiger partial charge in [0, 0.05) is 13.1 Å². The van der Waals surface area contributed by atoms with Gasteiger partial charge in [-0.05, 0) is 50.9 Å². The molecule has 22 heavy (non-hydrogen) atoms. The third-order valence-corrected chi connectivity index (χ3v) is 3.63. The van der Waals surface area contributed by atoms with E-state index in [2.05, 4.69) is 28.4 Å². The number of rotatable bonds is 5. The average molecular weight is 348 g/mol. The van der Waals surface area contributed by atoms with E-state index < -0.39 is 5.54 Å². The summed E-state index contributed by atoms with van der Waals surface area (Å²) in [7, 11) is 0. The maximum atomic E-state index is 11.8. The van der Waals surface area contributed by atoms with Crippen molar-refractivity contribution >= 4 is 30.7 Å². The topological polar surface area (TPSA) is 58.4 Å². The monoisotopic (exact) mass is 347 g/mol. The molecule has 4 nitrogen and oxygen atoms in total. The molecule has 3 N–H and O–H groups in total. The molecule has 1 heterocycles. The zero-order valence-electron chi connectivity index (χ0n) is 13.3. The molecule has 1 aromatic rings. The van der Waals surface area contributed by atoms with E-state index in [-0.39, 0.29) is 30.7 Å². The van der Waals surface area contributed by atoms with Gasteiger partial charge in [0.05, 0.1) is 5.54 Å². The number of benzene rings is 1. The normalized spacial score (nSPS) is 14.9. The van der Waals surface area contributed by atoms with Crippen LogP contribution in [0.3, 0.4) is 0 Å². The summed E-state index contributed by atoms with van der Waals surface area (Å²) in [6.07, 6.45) is 2.61. The van der Waals surface area contributed by atoms with E-state index in [1.807, 2.05) is 6.07 Å². The smallest absolute Gasteiger partial charge is 0.239 e. The van der Waals surface area contributed by atoms with Gasteiger partial charge in [0.15, 0.2) is 0 Å². The summed E-state index contributed by atoms with van der Waals surface area (Å²) in [6.45, 7) is 7.36. The summed E-state index contributed by atoms with van der Waals surface area (Å²) in [4.78, 5) is 14.2. The number of nitrogens with two attached hydrogens (primary N) is 1. The predicted molar refractivity (Wildman–Crippen MR) is 95.6 cm³/mol. The van der Waals surface area contributed by atoms with Crippen molar-refractivity contribution in [2.75, 3.05) is 13.1 Å². The molecule has 126 valence electrons. The Bertz CT molecular complexity index is 469. The third kappa shape index (κ3) is 6.53. The molecule has 1 aromatic carbocycles. The number of nitrogens with zero attached hydrogens (tertiary/aromatic N) is 1. The molecule has 0 atom stereocenters. The molecule has 0 aromatic heterocycles. The van der Waals surface area contributed by atoms with Gasteiger partial charge in [-0.25, -0.2) is 0 Å². The molecular weight excluding hydrogens is 321 g/mol. The van der Waals surface area contributed by atoms with E-state index in [0.29, 0.717) is 6.54 Å². The second-order valence-electron chi connectivity index (χ2n) is 6.21. The quantitative estimate of drug-likeness (QED) is 0.860. The lowest BCUT2D eigenvalue weighted by Crippen LogP contribution is -2.48. The van der Waals surface area contributed by atoms with Gasteiger partial charge >= 0.3 is 0 Å². The van der Waals surface area contributed by atoms with Crippen molar-refractivity contribution < 1.29 is 4.79 Å². The van der Waals surface area contributed by atoms with E-state index in [1.54, 1.807) is 13.8 Å². The number of hydrogen-bond acceptors (Lipinski definition) is 3. The third-order valence-electron chi connectivity index (χ3n) is 3.63. The van der Waals surface area contributed by atoms with Crippen LogP contribution in [-0.2, 0) is 17.9 Å². The molecule has 0 radical (unpaired) electrons. The molecule has 1 amide bonds. The zero-order valence-corrected chi connectivity index (χ0v) is 14.9. The maximum Gasteiger partial charge on any atom is 0.239 e. The van der Waals surface area contributed by atoms with Crippen LogP contribution in [0.1, 0.15) is 37.8 Å². The number of nitrogens with one attached hydrogen (secondary N) is 1. The second kappa shape index (κ2) is 9.36. The molecule has 1 aliphatic rings. The maximum absolute atomic E-state index is 11.8. The van der Waals surface area contributed by atoms with Crippen molar-refractivity contribution in [1.82, 2.24) is 10.2 Å². The van der Waals surface area contributed by atoms with Crippen LogP contribution in [0.5, 0.6) is 0 Å². The molecule has 0 saturated carbocycles. The van der Waals surface area contributed by atoms with Crippen LogP contribution in [0.4, 0.5) is 0 Å². The highest BCUT2D eigenvalue weighted by Gasteiger charge is 2.21. The van der Waals surface area contributed by atoms with Gasteiger partial charge in [-0.15, -0.1) is 24.8 Å². The standard InChI is InChI=1S/C16H25N3O.2ClH/c1-16(2,17)15(20)18-11-13-6-5-7-14(10-13)12-19-8-3-4-9-19;;/h5-7,10H,3-4,8-9,11-12,17H2,1-2H3,(H,18,20);2*1H. The predicted octanol–water partition coefficient (Wildman–Crippen LogP) is 2.48. The molecule has 0 aliphatic carbocycles. The van der Waals surface area contributed by atoms with E-state index in [9.17, 15) is 4.79 Å². The Hall–Kier alpha value is -0.810. The molecule has 0 spiro atoms. The fourth-order valence-corrected chi connectivity index (χ4v) is 2.45. The Kier molecular flexibility index (Phi) is 9.01. The summed E-state index contributed by atoms with van der Waals surface area (Å²) >= 11 is 0. The van der Waals surface area contributed by atoms with Gasteiger partial charge in [0.1, 0.15) is 0 Å². The van der Waals surface area contributed by atoms with Crippen LogP contribution in [0.15, 0.2) is 24.3 Å². The van der Waals surface area contributed by atoms with Crippen molar-refractivity contribution in [3.05, 3.63) is 35.4 Å². The van der Waals surface area contributed by atoms with Crippen molar-refractivity contribution in [3.8, 4) is 0 Å². The van der Waals surface area contributed by atoms with Gasteiger partial charge in [-0.1, -0.05) is 24.3 Å². The number of halogens is 2. The zero-order chi connectivity index (χ0) is 14.6. The van der Waals surface area contributed by atoms with Crippen LogP contribution in [0.2, 0.25) is 0 Å². The van der Waals surface area contributed by atoms with Crippen molar-refractivity contribution in [2.45, 2.75) is 45.3 Å². The SMILES string of the molecule is CC(C)(N)C(=O)NCc1cccc(CN2CCCC2)c1.Cl.Cl. The van der Waals surface area contributed by atoms with E-state index >= 15 is 0 Å². The average Bonchev–Trinajstić information content (AvgIpc) is 2.88. The van der Waals surface area contributed by atoms with Gasteiger partial charge in [0.2, 0.25) is 5.91 Å². The van der Waals surface area contributed by atoms with E-state index in [0.717, 1.165) is 12.1 Å². The first-order chi connectivity index (χ1) is 9.45. The summed E-state index contributed by atoms with van der Waals surface area (Å²) in [5.74, 6) is -0.123. The van der Waals surface area contributed by atoms with Gasteiger partial charge in [0.25, 0.3) is 0 Å². The van der Waals surface area contributed by atoms with E-state index in [4.69, 9.17) is 5.73 Å². The molecule has 2 rings (SSSR count). The first kappa shape index (κ1) is 21.2. The number of hydrogen-bond donors (Lipinski definition) is 2. The fourth-order valence-electron chi connectivity index (χ4n) is 2.45. The molecule has 6 heteroatoms. The van der Waals surface area contributed by atoms with Crippen LogP contribution < -0.4 is 11.1 Å². The number of amides is 1. The largest absolute Gasteiger partial charge is 0.350 e. The summed E-state index contributed by atoms with van der Waals surface area (Å²) in [5.41, 5.74) is 7.37. The molecule has 1 saturated heterocycles. The second-order valence-corrected chi connectivity index (χ2v) is 6.21. The lowest BCUT2D eigenvalue weighted by atomic mass is 10.1. The van der Waals surface area contributed by atoms with Crippen molar-refractivity contribution in [1.29, 1.82) is 0 Å². The Balaban J connectivity index is 0.00000220. The van der Waals surface area contributed by atoms with E-state index in [1.165, 1.54) is 31.5 Å². The summed E-state index contributed by atoms with van der Waals surface area (Å²) < 4.78 is 0. The Morgan fingerprint density at radius 3 is 2.41 bits per heavy atom. The van der Waals surface area contributed by atoms with Crippen LogP contribution in [-0.4, -0.2) is 29.4 Å². The lowest BCUT2D eigenvalue weighted by molar-refractivity contribution is -0.125. The van der Waals surface area contributed by atoms with Crippen LogP contribution >= 0.6 is 24.8 Å². The van der Waals surface area contributed by atoms with Crippen molar-refractivity contribution in [2.24, 2.45) is 5.73 Å². The first-order valence-corrected chi connectivity index (χ1v) is 7.32. The highest BCUT2D eigenvalue weighted by Crippen LogP contribution is 2.14. The minimum Gasteiger partial charge on any atom is -0.350 e. The highest BCUT2D eigenvalue weighted by atomic mass is 35.5. The lowest BCUT2D eigenvalue weighted by Gasteiger charge is -2.18. The van der Waals surface area contributed by atoms with Crippen molar-refractivity contribution in [3.63, 3.8) is 0 Å². The minimum atomic E-state index is -0.826.